The first-order valence-electron chi connectivity index (χ1n) is 5.69. The molecule has 1 aliphatic rings. The standard InChI is InChI=1S/C14H18OS/c1-3-6-14(7-4-2)8-5-12-9-16-10-13(12)15-11-14/h3-4,9-10H,1-2,5-8,11H2. The Morgan fingerprint density at radius 3 is 2.75 bits per heavy atom. The van der Waals surface area contributed by atoms with Gasteiger partial charge in [0.05, 0.1) is 6.61 Å². The maximum absolute atomic E-state index is 5.92. The van der Waals surface area contributed by atoms with Crippen molar-refractivity contribution in [1.29, 1.82) is 0 Å². The molecular formula is C14H18OS. The monoisotopic (exact) mass is 234 g/mol. The van der Waals surface area contributed by atoms with Gasteiger partial charge in [0.2, 0.25) is 0 Å². The summed E-state index contributed by atoms with van der Waals surface area (Å²) >= 11 is 1.73. The van der Waals surface area contributed by atoms with Crippen LogP contribution < -0.4 is 4.74 Å². The molecular weight excluding hydrogens is 216 g/mol. The van der Waals surface area contributed by atoms with E-state index >= 15 is 0 Å². The predicted octanol–water partition coefficient (Wildman–Crippen LogP) is 4.21. The largest absolute Gasteiger partial charge is 0.492 e. The summed E-state index contributed by atoms with van der Waals surface area (Å²) in [5.74, 6) is 1.08. The van der Waals surface area contributed by atoms with Crippen molar-refractivity contribution < 1.29 is 4.74 Å². The minimum absolute atomic E-state index is 0.209. The van der Waals surface area contributed by atoms with Crippen LogP contribution >= 0.6 is 11.3 Å². The lowest BCUT2D eigenvalue weighted by molar-refractivity contribution is 0.149. The number of aryl methyl sites for hydroxylation is 1. The van der Waals surface area contributed by atoms with E-state index in [4.69, 9.17) is 4.74 Å². The fourth-order valence-corrected chi connectivity index (χ4v) is 3.15. The van der Waals surface area contributed by atoms with E-state index < -0.39 is 0 Å². The number of thiophene rings is 1. The fraction of sp³-hybridized carbons (Fsp3) is 0.429. The molecule has 1 aromatic heterocycles. The van der Waals surface area contributed by atoms with Crippen molar-refractivity contribution in [2.45, 2.75) is 25.7 Å². The van der Waals surface area contributed by atoms with E-state index in [1.54, 1.807) is 11.3 Å². The topological polar surface area (TPSA) is 9.23 Å². The molecule has 0 bridgehead atoms. The Morgan fingerprint density at radius 2 is 2.06 bits per heavy atom. The highest BCUT2D eigenvalue weighted by molar-refractivity contribution is 7.08. The summed E-state index contributed by atoms with van der Waals surface area (Å²) in [5, 5.41) is 4.31. The van der Waals surface area contributed by atoms with E-state index in [2.05, 4.69) is 23.9 Å². The first-order chi connectivity index (χ1) is 7.79. The van der Waals surface area contributed by atoms with Gasteiger partial charge >= 0.3 is 0 Å². The van der Waals surface area contributed by atoms with Crippen molar-refractivity contribution in [1.82, 2.24) is 0 Å². The van der Waals surface area contributed by atoms with Crippen molar-refractivity contribution in [3.05, 3.63) is 41.6 Å². The first kappa shape index (κ1) is 11.5. The van der Waals surface area contributed by atoms with Crippen molar-refractivity contribution in [2.24, 2.45) is 5.41 Å². The molecule has 2 heteroatoms. The van der Waals surface area contributed by atoms with Crippen molar-refractivity contribution in [3.63, 3.8) is 0 Å². The van der Waals surface area contributed by atoms with Gasteiger partial charge in [-0.2, -0.15) is 0 Å². The minimum Gasteiger partial charge on any atom is -0.492 e. The number of ether oxygens (including phenoxy) is 1. The Labute approximate surface area is 101 Å². The Kier molecular flexibility index (Phi) is 3.49. The molecule has 2 rings (SSSR count). The molecule has 0 aliphatic carbocycles. The lowest BCUT2D eigenvalue weighted by Gasteiger charge is -2.29. The molecule has 2 heterocycles. The third kappa shape index (κ3) is 2.22. The van der Waals surface area contributed by atoms with Crippen LogP contribution in [0.1, 0.15) is 24.8 Å². The summed E-state index contributed by atoms with van der Waals surface area (Å²) in [5.41, 5.74) is 1.57. The highest BCUT2D eigenvalue weighted by atomic mass is 32.1. The van der Waals surface area contributed by atoms with Crippen LogP contribution in [0.25, 0.3) is 0 Å². The van der Waals surface area contributed by atoms with Gasteiger partial charge in [0.1, 0.15) is 5.75 Å². The van der Waals surface area contributed by atoms with Crippen LogP contribution in [-0.4, -0.2) is 6.61 Å². The van der Waals surface area contributed by atoms with Crippen molar-refractivity contribution in [3.8, 4) is 5.75 Å². The molecule has 1 nitrogen and oxygen atoms in total. The van der Waals surface area contributed by atoms with Crippen LogP contribution in [0.4, 0.5) is 0 Å². The molecule has 0 N–H and O–H groups in total. The zero-order chi connectivity index (χ0) is 11.4. The third-order valence-corrected chi connectivity index (χ3v) is 4.09. The normalized spacial score (nSPS) is 18.0. The lowest BCUT2D eigenvalue weighted by Crippen LogP contribution is -2.26. The van der Waals surface area contributed by atoms with E-state index in [1.165, 1.54) is 5.56 Å². The van der Waals surface area contributed by atoms with Gasteiger partial charge in [-0.3, -0.25) is 0 Å². The minimum atomic E-state index is 0.209. The molecule has 0 spiro atoms. The van der Waals surface area contributed by atoms with Gasteiger partial charge in [-0.05, 0) is 31.1 Å². The van der Waals surface area contributed by atoms with E-state index in [0.29, 0.717) is 0 Å². The molecule has 0 saturated heterocycles. The molecule has 0 fully saturated rings. The molecule has 0 aromatic carbocycles. The van der Waals surface area contributed by atoms with E-state index in [-0.39, 0.29) is 5.41 Å². The Balaban J connectivity index is 2.16. The quantitative estimate of drug-likeness (QED) is 0.709. The molecule has 0 amide bonds. The van der Waals surface area contributed by atoms with E-state index in [0.717, 1.165) is 38.0 Å². The Bertz CT molecular complexity index is 343. The average Bonchev–Trinajstić information content (AvgIpc) is 2.66. The van der Waals surface area contributed by atoms with E-state index in [1.807, 2.05) is 12.2 Å². The fourth-order valence-electron chi connectivity index (χ4n) is 2.34. The van der Waals surface area contributed by atoms with Gasteiger partial charge in [0.15, 0.2) is 0 Å². The molecule has 16 heavy (non-hydrogen) atoms. The van der Waals surface area contributed by atoms with Crippen molar-refractivity contribution >= 4 is 11.3 Å². The van der Waals surface area contributed by atoms with Crippen LogP contribution in [0.15, 0.2) is 36.1 Å². The summed E-state index contributed by atoms with van der Waals surface area (Å²) in [6, 6.07) is 0. The lowest BCUT2D eigenvalue weighted by atomic mass is 9.77. The summed E-state index contributed by atoms with van der Waals surface area (Å²) in [6.45, 7) is 8.51. The highest BCUT2D eigenvalue weighted by Gasteiger charge is 2.31. The third-order valence-electron chi connectivity index (χ3n) is 3.32. The Hall–Kier alpha value is -1.02. The maximum Gasteiger partial charge on any atom is 0.133 e. The molecule has 86 valence electrons. The summed E-state index contributed by atoms with van der Waals surface area (Å²) in [7, 11) is 0. The van der Waals surface area contributed by atoms with Gasteiger partial charge in [-0.25, -0.2) is 0 Å². The molecule has 1 aromatic rings. The van der Waals surface area contributed by atoms with Crippen LogP contribution in [0.5, 0.6) is 5.75 Å². The van der Waals surface area contributed by atoms with Crippen LogP contribution in [0.2, 0.25) is 0 Å². The average molecular weight is 234 g/mol. The summed E-state index contributed by atoms with van der Waals surface area (Å²) in [4.78, 5) is 0. The van der Waals surface area contributed by atoms with Crippen LogP contribution in [0.3, 0.4) is 0 Å². The second kappa shape index (κ2) is 4.88. The van der Waals surface area contributed by atoms with Gasteiger partial charge in [0, 0.05) is 16.4 Å². The van der Waals surface area contributed by atoms with Gasteiger partial charge in [-0.15, -0.1) is 24.5 Å². The first-order valence-corrected chi connectivity index (χ1v) is 6.64. The van der Waals surface area contributed by atoms with Crippen LogP contribution in [-0.2, 0) is 6.42 Å². The summed E-state index contributed by atoms with van der Waals surface area (Å²) < 4.78 is 5.92. The zero-order valence-electron chi connectivity index (χ0n) is 9.58. The Morgan fingerprint density at radius 1 is 1.31 bits per heavy atom. The second-order valence-electron chi connectivity index (χ2n) is 4.54. The molecule has 0 atom stereocenters. The molecule has 1 aliphatic heterocycles. The number of hydrogen-bond acceptors (Lipinski definition) is 2. The zero-order valence-corrected chi connectivity index (χ0v) is 10.4. The van der Waals surface area contributed by atoms with Gasteiger partial charge in [0.25, 0.3) is 0 Å². The predicted molar refractivity (Wildman–Crippen MR) is 70.2 cm³/mol. The smallest absolute Gasteiger partial charge is 0.133 e. The molecule has 0 unspecified atom stereocenters. The van der Waals surface area contributed by atoms with Gasteiger partial charge in [-0.1, -0.05) is 12.2 Å². The van der Waals surface area contributed by atoms with Crippen molar-refractivity contribution in [2.75, 3.05) is 6.61 Å². The number of hydrogen-bond donors (Lipinski definition) is 0. The van der Waals surface area contributed by atoms with E-state index in [9.17, 15) is 0 Å². The summed E-state index contributed by atoms with van der Waals surface area (Å²) in [6.07, 6.45) is 8.30. The highest BCUT2D eigenvalue weighted by Crippen LogP contribution is 2.39. The molecule has 0 radical (unpaired) electrons. The number of allylic oxidation sites excluding steroid dienone is 2. The molecule has 0 saturated carbocycles. The maximum atomic E-state index is 5.92. The van der Waals surface area contributed by atoms with Gasteiger partial charge < -0.3 is 4.74 Å². The SMILES string of the molecule is C=CCC1(CC=C)CCc2cscc2OC1. The number of fused-ring (bicyclic) bond motifs is 1. The van der Waals surface area contributed by atoms with Crippen LogP contribution in [0, 0.1) is 5.41 Å². The second-order valence-corrected chi connectivity index (χ2v) is 5.28. The number of rotatable bonds is 4.